The molecule has 0 amide bonds. The van der Waals surface area contributed by atoms with E-state index in [0.29, 0.717) is 23.3 Å². The van der Waals surface area contributed by atoms with Crippen molar-refractivity contribution in [3.8, 4) is 16.9 Å². The quantitative estimate of drug-likeness (QED) is 0.385. The summed E-state index contributed by atoms with van der Waals surface area (Å²) in [5, 5.41) is 9.30. The van der Waals surface area contributed by atoms with Crippen molar-refractivity contribution in [3.63, 3.8) is 0 Å². The first kappa shape index (κ1) is 26.3. The van der Waals surface area contributed by atoms with Crippen LogP contribution in [0.5, 0.6) is 5.75 Å². The molecule has 6 heteroatoms. The number of carbonyl (C=O) groups is 1. The van der Waals surface area contributed by atoms with E-state index in [9.17, 15) is 9.90 Å². The maximum absolute atomic E-state index is 11.3. The number of anilines is 1. The number of nitrogens with two attached hydrogens (primary N) is 1. The molecule has 0 radical (unpaired) electrons. The van der Waals surface area contributed by atoms with Gasteiger partial charge in [-0.1, -0.05) is 36.4 Å². The fraction of sp³-hybridized carbons (Fsp3) is 0.406. The van der Waals surface area contributed by atoms with Crippen molar-refractivity contribution in [2.45, 2.75) is 51.7 Å². The second-order valence-electron chi connectivity index (χ2n) is 10.9. The van der Waals surface area contributed by atoms with Gasteiger partial charge in [0, 0.05) is 43.6 Å². The molecule has 2 aliphatic heterocycles. The minimum absolute atomic E-state index is 0.0376. The molecule has 1 spiro atoms. The zero-order chi connectivity index (χ0) is 26.5. The van der Waals surface area contributed by atoms with Gasteiger partial charge in [-0.25, -0.2) is 0 Å². The van der Waals surface area contributed by atoms with E-state index >= 15 is 0 Å². The molecule has 5 rings (SSSR count). The number of carboxylic acids is 1. The second-order valence-corrected chi connectivity index (χ2v) is 10.9. The molecule has 0 bridgehead atoms. The predicted octanol–water partition coefficient (Wildman–Crippen LogP) is 5.98. The lowest BCUT2D eigenvalue weighted by Gasteiger charge is -2.45. The number of benzene rings is 3. The Balaban J connectivity index is 1.42. The monoisotopic (exact) mass is 514 g/mol. The first-order valence-electron chi connectivity index (χ1n) is 13.7. The minimum atomic E-state index is -0.869. The van der Waals surface area contributed by atoms with Crippen LogP contribution < -0.4 is 15.4 Å². The third-order valence-corrected chi connectivity index (χ3v) is 8.17. The Morgan fingerprint density at radius 2 is 1.76 bits per heavy atom. The molecule has 0 aromatic heterocycles. The molecule has 2 saturated heterocycles. The fourth-order valence-corrected chi connectivity index (χ4v) is 5.77. The Morgan fingerprint density at radius 1 is 1.00 bits per heavy atom. The van der Waals surface area contributed by atoms with Crippen molar-refractivity contribution >= 4 is 11.7 Å². The van der Waals surface area contributed by atoms with Gasteiger partial charge in [-0.05, 0) is 90.6 Å². The highest BCUT2D eigenvalue weighted by Crippen LogP contribution is 2.42. The molecule has 0 unspecified atom stereocenters. The van der Waals surface area contributed by atoms with Gasteiger partial charge < -0.3 is 25.2 Å². The number of piperidine rings is 1. The van der Waals surface area contributed by atoms with E-state index in [1.165, 1.54) is 31.4 Å². The second kappa shape index (κ2) is 11.6. The van der Waals surface area contributed by atoms with E-state index in [1.807, 2.05) is 31.2 Å². The Labute approximate surface area is 225 Å². The van der Waals surface area contributed by atoms with Crippen molar-refractivity contribution in [2.24, 2.45) is 11.1 Å². The molecule has 2 heterocycles. The van der Waals surface area contributed by atoms with Gasteiger partial charge in [0.15, 0.2) is 0 Å². The van der Waals surface area contributed by atoms with Crippen LogP contribution in [0, 0.1) is 5.41 Å². The molecule has 200 valence electrons. The van der Waals surface area contributed by atoms with E-state index < -0.39 is 5.97 Å². The summed E-state index contributed by atoms with van der Waals surface area (Å²) in [6.45, 7) is 6.20. The maximum atomic E-state index is 11.3. The average Bonchev–Trinajstić information content (AvgIpc) is 2.93. The molecular formula is C32H38N2O4. The zero-order valence-corrected chi connectivity index (χ0v) is 22.2. The van der Waals surface area contributed by atoms with E-state index in [1.54, 1.807) is 0 Å². The van der Waals surface area contributed by atoms with Crippen LogP contribution in [0.3, 0.4) is 0 Å². The molecule has 0 saturated carbocycles. The number of hydrogen-bond acceptors (Lipinski definition) is 5. The van der Waals surface area contributed by atoms with Gasteiger partial charge >= 0.3 is 5.97 Å². The third-order valence-electron chi connectivity index (χ3n) is 8.17. The number of carboxylic acid groups (broad SMARTS) is 1. The topological polar surface area (TPSA) is 85.0 Å². The molecule has 3 aromatic rings. The van der Waals surface area contributed by atoms with Crippen molar-refractivity contribution in [1.29, 1.82) is 0 Å². The van der Waals surface area contributed by atoms with Crippen LogP contribution in [0.4, 0.5) is 5.69 Å². The molecule has 2 fully saturated rings. The number of nitrogens with zero attached hydrogens (tertiary/aromatic N) is 1. The lowest BCUT2D eigenvalue weighted by atomic mass is 9.72. The Kier molecular flexibility index (Phi) is 8.01. The number of aliphatic carboxylic acids is 1. The highest BCUT2D eigenvalue weighted by Gasteiger charge is 2.36. The summed E-state index contributed by atoms with van der Waals surface area (Å²) in [6, 6.07) is 22.4. The van der Waals surface area contributed by atoms with Crippen LogP contribution in [0.1, 0.15) is 55.3 Å². The Hall–Kier alpha value is -3.35. The minimum Gasteiger partial charge on any atom is -0.489 e. The van der Waals surface area contributed by atoms with Crippen molar-refractivity contribution < 1.29 is 19.4 Å². The standard InChI is InChI=1S/C32H38N2O4/c1-23(33)25-6-4-7-26(19-25)28-17-24(22-38-30-8-3-2-5-27(30)21-31(35)36)18-29(20-28)34-13-9-32(10-14-34)11-15-37-16-12-32/h2-8,17-20,23H,9-16,21-22,33H2,1H3,(H,35,36)/t23-/m0/s1. The number of ether oxygens (including phenoxy) is 2. The highest BCUT2D eigenvalue weighted by molar-refractivity contribution is 5.72. The average molecular weight is 515 g/mol. The van der Waals surface area contributed by atoms with E-state index in [-0.39, 0.29) is 12.5 Å². The van der Waals surface area contributed by atoms with Gasteiger partial charge in [-0.3, -0.25) is 4.79 Å². The van der Waals surface area contributed by atoms with Crippen molar-refractivity contribution in [3.05, 3.63) is 83.4 Å². The highest BCUT2D eigenvalue weighted by atomic mass is 16.5. The Bertz CT molecular complexity index is 1260. The number of rotatable bonds is 8. The van der Waals surface area contributed by atoms with Gasteiger partial charge in [-0.2, -0.15) is 0 Å². The first-order chi connectivity index (χ1) is 18.4. The molecule has 1 atom stereocenters. The van der Waals surface area contributed by atoms with Crippen LogP contribution in [0.15, 0.2) is 66.7 Å². The van der Waals surface area contributed by atoms with E-state index in [4.69, 9.17) is 15.2 Å². The predicted molar refractivity (Wildman–Crippen MR) is 151 cm³/mol. The summed E-state index contributed by atoms with van der Waals surface area (Å²) in [6.07, 6.45) is 4.65. The first-order valence-corrected chi connectivity index (χ1v) is 13.7. The number of para-hydroxylation sites is 1. The normalized spacial score (nSPS) is 17.8. The van der Waals surface area contributed by atoms with Crippen LogP contribution in [0.2, 0.25) is 0 Å². The zero-order valence-electron chi connectivity index (χ0n) is 22.2. The molecule has 6 nitrogen and oxygen atoms in total. The van der Waals surface area contributed by atoms with Gasteiger partial charge in [0.25, 0.3) is 0 Å². The summed E-state index contributed by atoms with van der Waals surface area (Å²) in [5.41, 5.74) is 12.9. The van der Waals surface area contributed by atoms with E-state index in [0.717, 1.165) is 48.6 Å². The summed E-state index contributed by atoms with van der Waals surface area (Å²) in [7, 11) is 0. The number of hydrogen-bond donors (Lipinski definition) is 2. The molecule has 0 aliphatic carbocycles. The summed E-state index contributed by atoms with van der Waals surface area (Å²) < 4.78 is 11.8. The van der Waals surface area contributed by atoms with Gasteiger partial charge in [0.1, 0.15) is 12.4 Å². The van der Waals surface area contributed by atoms with Crippen LogP contribution in [-0.4, -0.2) is 37.4 Å². The molecular weight excluding hydrogens is 476 g/mol. The summed E-state index contributed by atoms with van der Waals surface area (Å²) in [4.78, 5) is 13.8. The van der Waals surface area contributed by atoms with Crippen molar-refractivity contribution in [2.75, 3.05) is 31.2 Å². The smallest absolute Gasteiger partial charge is 0.307 e. The lowest BCUT2D eigenvalue weighted by molar-refractivity contribution is -0.136. The van der Waals surface area contributed by atoms with E-state index in [2.05, 4.69) is 47.4 Å². The van der Waals surface area contributed by atoms with Gasteiger partial charge in [-0.15, -0.1) is 0 Å². The summed E-state index contributed by atoms with van der Waals surface area (Å²) >= 11 is 0. The van der Waals surface area contributed by atoms with Gasteiger partial charge in [0.2, 0.25) is 0 Å². The van der Waals surface area contributed by atoms with Crippen LogP contribution in [-0.2, 0) is 22.6 Å². The maximum Gasteiger partial charge on any atom is 0.307 e. The molecule has 38 heavy (non-hydrogen) atoms. The Morgan fingerprint density at radius 3 is 2.50 bits per heavy atom. The van der Waals surface area contributed by atoms with Crippen LogP contribution >= 0.6 is 0 Å². The molecule has 3 aromatic carbocycles. The molecule has 2 aliphatic rings. The van der Waals surface area contributed by atoms with Crippen molar-refractivity contribution in [1.82, 2.24) is 0 Å². The summed E-state index contributed by atoms with van der Waals surface area (Å²) in [5.74, 6) is -0.257. The fourth-order valence-electron chi connectivity index (χ4n) is 5.77. The SMILES string of the molecule is C[C@H](N)c1cccc(-c2cc(COc3ccccc3CC(=O)O)cc(N3CCC4(CCOCC4)CC3)c2)c1. The van der Waals surface area contributed by atoms with Gasteiger partial charge in [0.05, 0.1) is 6.42 Å². The lowest BCUT2D eigenvalue weighted by Crippen LogP contribution is -2.43. The third kappa shape index (κ3) is 6.20. The largest absolute Gasteiger partial charge is 0.489 e. The van der Waals surface area contributed by atoms with Crippen LogP contribution in [0.25, 0.3) is 11.1 Å². The molecule has 3 N–H and O–H groups in total.